The van der Waals surface area contributed by atoms with Gasteiger partial charge in [0.2, 0.25) is 0 Å². The molecule has 2 aliphatic rings. The van der Waals surface area contributed by atoms with Gasteiger partial charge in [0.25, 0.3) is 0 Å². The Balaban J connectivity index is 2.05. The molecule has 0 spiro atoms. The molecule has 144 valence electrons. The van der Waals surface area contributed by atoms with E-state index in [0.717, 1.165) is 6.42 Å². The van der Waals surface area contributed by atoms with Crippen LogP contribution in [0, 0.1) is 17.8 Å². The number of hydrogen-bond donors (Lipinski definition) is 3. The fraction of sp³-hybridized carbons (Fsp3) is 0.842. The first kappa shape index (κ1) is 20.5. The third-order valence-corrected chi connectivity index (χ3v) is 5.69. The highest BCUT2D eigenvalue weighted by Gasteiger charge is 2.62. The van der Waals surface area contributed by atoms with E-state index >= 15 is 0 Å². The Labute approximate surface area is 149 Å². The summed E-state index contributed by atoms with van der Waals surface area (Å²) in [7, 11) is 0. The fourth-order valence-corrected chi connectivity index (χ4v) is 3.94. The average Bonchev–Trinajstić information content (AvgIpc) is 3.28. The number of rotatable bonds is 8. The van der Waals surface area contributed by atoms with E-state index in [1.54, 1.807) is 6.92 Å². The summed E-state index contributed by atoms with van der Waals surface area (Å²) < 4.78 is 11.3. The predicted molar refractivity (Wildman–Crippen MR) is 93.0 cm³/mol. The molecule has 2 heterocycles. The van der Waals surface area contributed by atoms with Crippen LogP contribution in [-0.2, 0) is 14.3 Å². The average molecular weight is 356 g/mol. The van der Waals surface area contributed by atoms with Crippen LogP contribution in [0.3, 0.4) is 0 Å². The summed E-state index contributed by atoms with van der Waals surface area (Å²) in [4.78, 5) is 12.8. The first-order chi connectivity index (χ1) is 11.8. The van der Waals surface area contributed by atoms with Gasteiger partial charge in [0.1, 0.15) is 11.4 Å². The summed E-state index contributed by atoms with van der Waals surface area (Å²) in [6, 6.07) is 0. The maximum absolute atomic E-state index is 12.8. The molecule has 2 rings (SSSR count). The van der Waals surface area contributed by atoms with Crippen molar-refractivity contribution >= 4 is 5.78 Å². The number of carbonyl (C=O) groups excluding carboxylic acids is 1. The number of Topliss-reactive ketones (excluding diaryl/α,β-unsaturated/α-hetero) is 1. The monoisotopic (exact) mass is 356 g/mol. The molecule has 2 aliphatic heterocycles. The molecule has 0 aromatic heterocycles. The molecule has 8 atom stereocenters. The lowest BCUT2D eigenvalue weighted by molar-refractivity contribution is -0.150. The van der Waals surface area contributed by atoms with Gasteiger partial charge in [0.15, 0.2) is 0 Å². The topological polar surface area (TPSA) is 99.5 Å². The van der Waals surface area contributed by atoms with Gasteiger partial charge in [-0.05, 0) is 20.3 Å². The quantitative estimate of drug-likeness (QED) is 0.444. The molecular formula is C19H32O6. The first-order valence-electron chi connectivity index (χ1n) is 9.23. The number of carbonyl (C=O) groups is 1. The molecule has 2 fully saturated rings. The maximum atomic E-state index is 12.8. The van der Waals surface area contributed by atoms with Crippen molar-refractivity contribution in [3.05, 3.63) is 12.2 Å². The van der Waals surface area contributed by atoms with E-state index in [1.165, 1.54) is 0 Å². The molecule has 6 heteroatoms. The molecule has 0 aromatic rings. The van der Waals surface area contributed by atoms with Crippen LogP contribution >= 0.6 is 0 Å². The van der Waals surface area contributed by atoms with Crippen molar-refractivity contribution in [1.29, 1.82) is 0 Å². The summed E-state index contributed by atoms with van der Waals surface area (Å²) in [5, 5.41) is 30.7. The van der Waals surface area contributed by atoms with Crippen LogP contribution in [-0.4, -0.2) is 64.3 Å². The number of hydrogen-bond acceptors (Lipinski definition) is 6. The van der Waals surface area contributed by atoms with Crippen LogP contribution in [0.4, 0.5) is 0 Å². The second-order valence-corrected chi connectivity index (χ2v) is 7.52. The lowest BCUT2D eigenvalue weighted by Crippen LogP contribution is -2.50. The Bertz CT molecular complexity index is 492. The van der Waals surface area contributed by atoms with E-state index < -0.39 is 36.3 Å². The molecule has 0 aromatic carbocycles. The van der Waals surface area contributed by atoms with Crippen molar-refractivity contribution in [3.8, 4) is 0 Å². The van der Waals surface area contributed by atoms with Gasteiger partial charge in [-0.2, -0.15) is 0 Å². The maximum Gasteiger partial charge on any atom is 0.148 e. The summed E-state index contributed by atoms with van der Waals surface area (Å²) in [5.41, 5.74) is -0.867. The van der Waals surface area contributed by atoms with E-state index in [-0.39, 0.29) is 30.5 Å². The van der Waals surface area contributed by atoms with Crippen molar-refractivity contribution in [3.63, 3.8) is 0 Å². The zero-order chi connectivity index (χ0) is 18.8. The molecule has 2 saturated heterocycles. The Morgan fingerprint density at radius 1 is 1.44 bits per heavy atom. The summed E-state index contributed by atoms with van der Waals surface area (Å²) in [5.74, 6) is -1.96. The van der Waals surface area contributed by atoms with Crippen LogP contribution in [0.15, 0.2) is 12.2 Å². The molecule has 0 bridgehead atoms. The van der Waals surface area contributed by atoms with Crippen LogP contribution in [0.25, 0.3) is 0 Å². The number of ether oxygens (including phenoxy) is 2. The molecule has 0 radical (unpaired) electrons. The van der Waals surface area contributed by atoms with Gasteiger partial charge in [-0.3, -0.25) is 4.79 Å². The second kappa shape index (κ2) is 8.27. The third-order valence-electron chi connectivity index (χ3n) is 5.69. The van der Waals surface area contributed by atoms with E-state index in [0.29, 0.717) is 6.42 Å². The molecule has 0 amide bonds. The van der Waals surface area contributed by atoms with Crippen LogP contribution < -0.4 is 0 Å². The normalized spacial score (nSPS) is 39.2. The van der Waals surface area contributed by atoms with E-state index in [2.05, 4.69) is 0 Å². The Morgan fingerprint density at radius 2 is 2.12 bits per heavy atom. The lowest BCUT2D eigenvalue weighted by Gasteiger charge is -2.35. The van der Waals surface area contributed by atoms with Crippen LogP contribution in [0.1, 0.15) is 40.5 Å². The van der Waals surface area contributed by atoms with Crippen molar-refractivity contribution in [2.45, 2.75) is 70.6 Å². The third kappa shape index (κ3) is 4.14. The zero-order valence-electron chi connectivity index (χ0n) is 15.6. The number of ketones is 1. The van der Waals surface area contributed by atoms with Gasteiger partial charge in [0, 0.05) is 12.3 Å². The minimum absolute atomic E-state index is 0.0492. The largest absolute Gasteiger partial charge is 0.396 e. The standard InChI is InChI=1S/C19H32O6/c1-5-7-11(3)18-19(4,25-18)17(23)13(9-20)16(22)14-10-24-12(6-2)8-15(14)21/h5,7,11-15,17-18,20-21,23H,6,8-10H2,1-4H3/b7-5-/t11-,12?,13-,14-,15-,17-,18+,19?/m0/s1. The minimum Gasteiger partial charge on any atom is -0.396 e. The van der Waals surface area contributed by atoms with Crippen molar-refractivity contribution in [2.24, 2.45) is 17.8 Å². The van der Waals surface area contributed by atoms with E-state index in [9.17, 15) is 20.1 Å². The Morgan fingerprint density at radius 3 is 2.64 bits per heavy atom. The zero-order valence-corrected chi connectivity index (χ0v) is 15.6. The van der Waals surface area contributed by atoms with Gasteiger partial charge >= 0.3 is 0 Å². The van der Waals surface area contributed by atoms with Gasteiger partial charge in [-0.1, -0.05) is 26.0 Å². The lowest BCUT2D eigenvalue weighted by atomic mass is 9.78. The molecular weight excluding hydrogens is 324 g/mol. The van der Waals surface area contributed by atoms with Gasteiger partial charge in [-0.15, -0.1) is 0 Å². The van der Waals surface area contributed by atoms with Crippen molar-refractivity contribution in [1.82, 2.24) is 0 Å². The molecule has 25 heavy (non-hydrogen) atoms. The van der Waals surface area contributed by atoms with Crippen LogP contribution in [0.5, 0.6) is 0 Å². The number of allylic oxidation sites excluding steroid dienone is 1. The summed E-state index contributed by atoms with van der Waals surface area (Å²) in [6.45, 7) is 7.28. The number of aliphatic hydroxyl groups excluding tert-OH is 3. The van der Waals surface area contributed by atoms with Crippen molar-refractivity contribution < 1.29 is 29.6 Å². The van der Waals surface area contributed by atoms with Crippen LogP contribution in [0.2, 0.25) is 0 Å². The highest BCUT2D eigenvalue weighted by atomic mass is 16.6. The minimum atomic E-state index is -1.13. The Hall–Kier alpha value is -0.790. The van der Waals surface area contributed by atoms with Gasteiger partial charge in [0.05, 0.1) is 49.5 Å². The van der Waals surface area contributed by atoms with Gasteiger partial charge < -0.3 is 24.8 Å². The first-order valence-corrected chi connectivity index (χ1v) is 9.23. The fourth-order valence-electron chi connectivity index (χ4n) is 3.94. The molecule has 0 saturated carbocycles. The molecule has 3 N–H and O–H groups in total. The number of aliphatic hydroxyl groups is 3. The predicted octanol–water partition coefficient (Wildman–Crippen LogP) is 1.07. The molecule has 0 aliphatic carbocycles. The summed E-state index contributed by atoms with van der Waals surface area (Å²) >= 11 is 0. The highest BCUT2D eigenvalue weighted by molar-refractivity contribution is 5.85. The molecule has 2 unspecified atom stereocenters. The van der Waals surface area contributed by atoms with E-state index in [4.69, 9.17) is 9.47 Å². The molecule has 6 nitrogen and oxygen atoms in total. The Kier molecular flexibility index (Phi) is 6.79. The smallest absolute Gasteiger partial charge is 0.148 e. The number of epoxide rings is 1. The summed E-state index contributed by atoms with van der Waals surface area (Å²) in [6.07, 6.45) is 2.91. The SMILES string of the molecule is C/C=C\[C@H](C)[C@H]1OC1(C)[C@@H](O)[C@@H](CO)C(=O)[C@H]1COC(CC)C[C@@H]1O. The van der Waals surface area contributed by atoms with Crippen molar-refractivity contribution in [2.75, 3.05) is 13.2 Å². The van der Waals surface area contributed by atoms with E-state index in [1.807, 2.05) is 32.9 Å². The highest BCUT2D eigenvalue weighted by Crippen LogP contribution is 2.46. The van der Waals surface area contributed by atoms with Gasteiger partial charge in [-0.25, -0.2) is 0 Å². The second-order valence-electron chi connectivity index (χ2n) is 7.52.